The highest BCUT2D eigenvalue weighted by molar-refractivity contribution is 6.01. The van der Waals surface area contributed by atoms with Crippen LogP contribution in [0, 0.1) is 5.41 Å². The maximum Gasteiger partial charge on any atom is 0.239 e. The molecular weight excluding hydrogens is 436 g/mol. The molecule has 35 heavy (non-hydrogen) atoms. The number of fused-ring (bicyclic) bond motifs is 1. The number of hydrogen-bond acceptors (Lipinski definition) is 5. The molecule has 0 saturated heterocycles. The monoisotopic (exact) mass is 466 g/mol. The first-order valence-corrected chi connectivity index (χ1v) is 12.0. The number of allylic oxidation sites excluding steroid dienone is 1. The Morgan fingerprint density at radius 1 is 1.03 bits per heavy atom. The number of carbonyl (C=O) groups excluding carboxylic acids is 2. The molecule has 0 fully saturated rings. The Morgan fingerprint density at radius 3 is 2.51 bits per heavy atom. The fourth-order valence-corrected chi connectivity index (χ4v) is 5.12. The number of Topliss-reactive ketones (excluding diaryl/α,β-unsaturated/α-hetero) is 1. The Labute approximate surface area is 206 Å². The van der Waals surface area contributed by atoms with Crippen LogP contribution < -0.4 is 15.5 Å². The molecule has 178 valence electrons. The maximum atomic E-state index is 13.6. The number of anilines is 2. The van der Waals surface area contributed by atoms with Crippen LogP contribution in [0.25, 0.3) is 0 Å². The molecule has 1 aliphatic heterocycles. The Balaban J connectivity index is 1.57. The summed E-state index contributed by atoms with van der Waals surface area (Å²) >= 11 is 0. The van der Waals surface area contributed by atoms with Gasteiger partial charge in [-0.05, 0) is 47.2 Å². The molecule has 1 aliphatic carbocycles. The van der Waals surface area contributed by atoms with E-state index in [2.05, 4.69) is 34.4 Å². The van der Waals surface area contributed by atoms with E-state index >= 15 is 0 Å². The predicted molar refractivity (Wildman–Crippen MR) is 138 cm³/mol. The number of para-hydroxylation sites is 2. The van der Waals surface area contributed by atoms with Crippen molar-refractivity contribution in [2.45, 2.75) is 39.3 Å². The van der Waals surface area contributed by atoms with Gasteiger partial charge in [0.05, 0.1) is 24.0 Å². The Hall–Kier alpha value is -3.93. The van der Waals surface area contributed by atoms with E-state index in [4.69, 9.17) is 0 Å². The maximum absolute atomic E-state index is 13.6. The highest BCUT2D eigenvalue weighted by Crippen LogP contribution is 2.48. The Kier molecular flexibility index (Phi) is 6.12. The van der Waals surface area contributed by atoms with Gasteiger partial charge in [0.2, 0.25) is 5.91 Å². The lowest BCUT2D eigenvalue weighted by atomic mass is 9.73. The SMILES string of the molecule is CC1(C)CC(=O)C2=C(C1)Nc1ccccc1N(CC(=O)NCc1ccncc1)C2c1ccccc1. The van der Waals surface area contributed by atoms with E-state index in [0.717, 1.165) is 40.2 Å². The number of amides is 1. The van der Waals surface area contributed by atoms with Crippen LogP contribution >= 0.6 is 0 Å². The van der Waals surface area contributed by atoms with E-state index in [1.807, 2.05) is 66.7 Å². The second-order valence-corrected chi connectivity index (χ2v) is 10.0. The third-order valence-corrected chi connectivity index (χ3v) is 6.67. The van der Waals surface area contributed by atoms with Crippen LogP contribution in [0.4, 0.5) is 11.4 Å². The summed E-state index contributed by atoms with van der Waals surface area (Å²) in [6.07, 6.45) is 4.69. The lowest BCUT2D eigenvalue weighted by molar-refractivity contribution is -0.120. The van der Waals surface area contributed by atoms with Gasteiger partial charge in [-0.15, -0.1) is 0 Å². The van der Waals surface area contributed by atoms with E-state index in [1.54, 1.807) is 12.4 Å². The van der Waals surface area contributed by atoms with Crippen LogP contribution in [0.15, 0.2) is 90.4 Å². The van der Waals surface area contributed by atoms with Gasteiger partial charge in [0, 0.05) is 36.6 Å². The minimum Gasteiger partial charge on any atom is -0.357 e. The van der Waals surface area contributed by atoms with Crippen LogP contribution in [-0.2, 0) is 16.1 Å². The molecule has 1 amide bonds. The quantitative estimate of drug-likeness (QED) is 0.553. The molecular formula is C29H30N4O2. The van der Waals surface area contributed by atoms with Crippen LogP contribution in [0.2, 0.25) is 0 Å². The van der Waals surface area contributed by atoms with Crippen molar-refractivity contribution in [1.29, 1.82) is 0 Å². The molecule has 6 nitrogen and oxygen atoms in total. The lowest BCUT2D eigenvalue weighted by Gasteiger charge is -2.37. The topological polar surface area (TPSA) is 74.3 Å². The normalized spacial score (nSPS) is 18.7. The number of nitrogens with zero attached hydrogens (tertiary/aromatic N) is 2. The van der Waals surface area contributed by atoms with Crippen LogP contribution in [0.3, 0.4) is 0 Å². The summed E-state index contributed by atoms with van der Waals surface area (Å²) in [5, 5.41) is 6.62. The van der Waals surface area contributed by atoms with Crippen LogP contribution in [-0.4, -0.2) is 23.2 Å². The van der Waals surface area contributed by atoms with E-state index < -0.39 is 0 Å². The standard InChI is InChI=1S/C29H30N4O2/c1-29(2)16-23-27(25(34)17-29)28(21-8-4-3-5-9-21)33(24-11-7-6-10-22(24)32-23)19-26(35)31-18-20-12-14-30-15-13-20/h3-15,28,32H,16-19H2,1-2H3,(H,31,35). The van der Waals surface area contributed by atoms with E-state index in [9.17, 15) is 9.59 Å². The molecule has 0 bridgehead atoms. The molecule has 0 spiro atoms. The van der Waals surface area contributed by atoms with Crippen molar-refractivity contribution >= 4 is 23.1 Å². The molecule has 1 atom stereocenters. The molecule has 2 heterocycles. The third-order valence-electron chi connectivity index (χ3n) is 6.67. The molecule has 2 N–H and O–H groups in total. The highest BCUT2D eigenvalue weighted by atomic mass is 16.2. The minimum absolute atomic E-state index is 0.106. The first kappa shape index (κ1) is 22.8. The van der Waals surface area contributed by atoms with E-state index in [1.165, 1.54) is 0 Å². The fraction of sp³-hybridized carbons (Fsp3) is 0.276. The zero-order chi connectivity index (χ0) is 24.4. The molecule has 1 unspecified atom stereocenters. The van der Waals surface area contributed by atoms with Gasteiger partial charge >= 0.3 is 0 Å². The van der Waals surface area contributed by atoms with Gasteiger partial charge in [-0.1, -0.05) is 56.3 Å². The smallest absolute Gasteiger partial charge is 0.239 e. The zero-order valence-electron chi connectivity index (χ0n) is 20.1. The number of ketones is 1. The summed E-state index contributed by atoms with van der Waals surface area (Å²) in [7, 11) is 0. The number of benzene rings is 2. The first-order chi connectivity index (χ1) is 16.9. The molecule has 5 rings (SSSR count). The van der Waals surface area contributed by atoms with Crippen molar-refractivity contribution in [3.8, 4) is 0 Å². The highest BCUT2D eigenvalue weighted by Gasteiger charge is 2.41. The van der Waals surface area contributed by atoms with Gasteiger partial charge in [0.15, 0.2) is 5.78 Å². The summed E-state index contributed by atoms with van der Waals surface area (Å²) in [5.74, 6) is 0.0257. The summed E-state index contributed by atoms with van der Waals surface area (Å²) in [6, 6.07) is 21.4. The van der Waals surface area contributed by atoms with Crippen molar-refractivity contribution in [1.82, 2.24) is 10.3 Å². The Bertz CT molecular complexity index is 1270. The molecule has 0 radical (unpaired) electrons. The zero-order valence-corrected chi connectivity index (χ0v) is 20.1. The predicted octanol–water partition coefficient (Wildman–Crippen LogP) is 5.01. The number of hydrogen-bond donors (Lipinski definition) is 2. The van der Waals surface area contributed by atoms with E-state index in [0.29, 0.717) is 13.0 Å². The third kappa shape index (κ3) is 4.83. The molecule has 2 aromatic carbocycles. The molecule has 2 aliphatic rings. The second kappa shape index (κ2) is 9.37. The van der Waals surface area contributed by atoms with Gasteiger partial charge in [0.1, 0.15) is 0 Å². The minimum atomic E-state index is -0.363. The van der Waals surface area contributed by atoms with Gasteiger partial charge < -0.3 is 15.5 Å². The number of aromatic nitrogens is 1. The van der Waals surface area contributed by atoms with Crippen molar-refractivity contribution in [3.05, 3.63) is 102 Å². The first-order valence-electron chi connectivity index (χ1n) is 12.0. The lowest BCUT2D eigenvalue weighted by Crippen LogP contribution is -2.41. The largest absolute Gasteiger partial charge is 0.357 e. The van der Waals surface area contributed by atoms with Crippen LogP contribution in [0.1, 0.15) is 43.9 Å². The van der Waals surface area contributed by atoms with Gasteiger partial charge in [0.25, 0.3) is 0 Å². The molecule has 6 heteroatoms. The Morgan fingerprint density at radius 2 is 1.74 bits per heavy atom. The number of rotatable bonds is 5. The van der Waals surface area contributed by atoms with Gasteiger partial charge in [-0.3, -0.25) is 14.6 Å². The average molecular weight is 467 g/mol. The van der Waals surface area contributed by atoms with Crippen molar-refractivity contribution in [2.75, 3.05) is 16.8 Å². The van der Waals surface area contributed by atoms with Crippen molar-refractivity contribution in [2.24, 2.45) is 5.41 Å². The number of carbonyl (C=O) groups is 2. The number of nitrogens with one attached hydrogen (secondary N) is 2. The average Bonchev–Trinajstić information content (AvgIpc) is 2.98. The number of pyridine rings is 1. The van der Waals surface area contributed by atoms with E-state index in [-0.39, 0.29) is 29.7 Å². The van der Waals surface area contributed by atoms with Crippen molar-refractivity contribution < 1.29 is 9.59 Å². The second-order valence-electron chi connectivity index (χ2n) is 10.0. The van der Waals surface area contributed by atoms with Gasteiger partial charge in [-0.25, -0.2) is 0 Å². The van der Waals surface area contributed by atoms with Gasteiger partial charge in [-0.2, -0.15) is 0 Å². The summed E-state index contributed by atoms with van der Waals surface area (Å²) in [6.45, 7) is 4.81. The van der Waals surface area contributed by atoms with Crippen molar-refractivity contribution in [3.63, 3.8) is 0 Å². The molecule has 1 aromatic heterocycles. The molecule has 0 saturated carbocycles. The van der Waals surface area contributed by atoms with Crippen LogP contribution in [0.5, 0.6) is 0 Å². The fourth-order valence-electron chi connectivity index (χ4n) is 5.12. The molecule has 3 aromatic rings. The summed E-state index contributed by atoms with van der Waals surface area (Å²) < 4.78 is 0. The summed E-state index contributed by atoms with van der Waals surface area (Å²) in [5.41, 5.74) is 5.37. The summed E-state index contributed by atoms with van der Waals surface area (Å²) in [4.78, 5) is 33.0.